The maximum absolute atomic E-state index is 12.8. The van der Waals surface area contributed by atoms with Crippen LogP contribution < -0.4 is 0 Å². The lowest BCUT2D eigenvalue weighted by Gasteiger charge is -2.56. The molecule has 0 aromatic carbocycles. The third kappa shape index (κ3) is 18.3. The van der Waals surface area contributed by atoms with E-state index < -0.39 is 16.2 Å². The molecule has 0 amide bonds. The lowest BCUT2D eigenvalue weighted by molar-refractivity contribution is -0.193. The predicted molar refractivity (Wildman–Crippen MR) is 365 cm³/mol. The molecule has 0 spiro atoms. The molecule has 93 heavy (non-hydrogen) atoms. The van der Waals surface area contributed by atoms with Gasteiger partial charge in [-0.25, -0.2) is 0 Å². The molecule has 14 bridgehead atoms. The Labute approximate surface area is 565 Å². The van der Waals surface area contributed by atoms with Crippen molar-refractivity contribution in [3.63, 3.8) is 0 Å². The summed E-state index contributed by atoms with van der Waals surface area (Å²) in [6, 6.07) is 0. The summed E-state index contributed by atoms with van der Waals surface area (Å²) in [5.41, 5.74) is -1.06. The minimum absolute atomic E-state index is 0. The third-order valence-electron chi connectivity index (χ3n) is 25.8. The Morgan fingerprint density at radius 2 is 0.699 bits per heavy atom. The van der Waals surface area contributed by atoms with Crippen LogP contribution in [0, 0.1) is 116 Å². The number of rotatable bonds is 22. The van der Waals surface area contributed by atoms with Gasteiger partial charge in [-0.05, 0) is 267 Å². The molecule has 0 saturated heterocycles. The van der Waals surface area contributed by atoms with Gasteiger partial charge in [-0.3, -0.25) is 28.8 Å². The molecule has 15 rings (SSSR count). The van der Waals surface area contributed by atoms with Gasteiger partial charge in [0, 0.05) is 17.8 Å². The second kappa shape index (κ2) is 33.5. The van der Waals surface area contributed by atoms with Crippen molar-refractivity contribution in [3.8, 4) is 0 Å². The van der Waals surface area contributed by atoms with E-state index >= 15 is 0 Å². The van der Waals surface area contributed by atoms with E-state index in [0.29, 0.717) is 35.0 Å². The van der Waals surface area contributed by atoms with Gasteiger partial charge in [-0.1, -0.05) is 84.6 Å². The first kappa shape index (κ1) is 80.4. The van der Waals surface area contributed by atoms with Crippen molar-refractivity contribution >= 4 is 35.8 Å². The summed E-state index contributed by atoms with van der Waals surface area (Å²) in [5, 5.41) is 0. The molecule has 538 valence electrons. The first-order valence-corrected chi connectivity index (χ1v) is 35.4. The normalized spacial score (nSPS) is 37.3. The van der Waals surface area contributed by atoms with Crippen molar-refractivity contribution < 1.29 is 71.4 Å². The Morgan fingerprint density at radius 3 is 1.04 bits per heavy atom. The van der Waals surface area contributed by atoms with E-state index in [2.05, 4.69) is 0 Å². The molecular weight excluding hydrogens is 1180 g/mol. The number of carbonyl (C=O) groups excluding carboxylic acids is 6. The maximum atomic E-state index is 12.8. The van der Waals surface area contributed by atoms with E-state index in [1.165, 1.54) is 89.9 Å². The summed E-state index contributed by atoms with van der Waals surface area (Å²) in [6.45, 7) is 18.5. The molecule has 15 nitrogen and oxygen atoms in total. The largest absolute Gasteiger partial charge is 0.462 e. The lowest BCUT2D eigenvalue weighted by atomic mass is 9.50. The van der Waals surface area contributed by atoms with Crippen LogP contribution in [0.2, 0.25) is 0 Å². The zero-order valence-corrected chi connectivity index (χ0v) is 54.9. The summed E-state index contributed by atoms with van der Waals surface area (Å²) in [6.07, 6.45) is 31.2. The van der Waals surface area contributed by atoms with Crippen LogP contribution in [-0.2, 0) is 71.4 Å². The summed E-state index contributed by atoms with van der Waals surface area (Å²) in [7, 11) is 0. The molecule has 15 fully saturated rings. The van der Waals surface area contributed by atoms with E-state index in [4.69, 9.17) is 42.6 Å². The van der Waals surface area contributed by atoms with Gasteiger partial charge < -0.3 is 42.6 Å². The summed E-state index contributed by atoms with van der Waals surface area (Å²) >= 11 is 0. The molecular formula is C78H136O15. The fraction of sp³-hybridized carbons (Fsp3) is 0.923. The average molecular weight is 1310 g/mol. The van der Waals surface area contributed by atoms with Gasteiger partial charge in [0.25, 0.3) is 0 Å². The van der Waals surface area contributed by atoms with E-state index in [1.807, 2.05) is 62.3 Å². The van der Waals surface area contributed by atoms with Crippen LogP contribution in [0.5, 0.6) is 0 Å². The maximum Gasteiger partial charge on any atom is 0.311 e. The van der Waals surface area contributed by atoms with Crippen LogP contribution in [0.4, 0.5) is 0 Å². The minimum atomic E-state index is -0.469. The number of hydrogen-bond donors (Lipinski definition) is 0. The van der Waals surface area contributed by atoms with Crippen molar-refractivity contribution in [2.75, 3.05) is 27.0 Å². The highest BCUT2D eigenvalue weighted by Gasteiger charge is 2.56. The monoisotopic (exact) mass is 1310 g/mol. The van der Waals surface area contributed by atoms with Gasteiger partial charge in [0.1, 0.15) is 18.3 Å². The molecule has 0 heterocycles. The molecule has 15 aliphatic rings. The van der Waals surface area contributed by atoms with Gasteiger partial charge >= 0.3 is 35.8 Å². The zero-order chi connectivity index (χ0) is 61.6. The molecule has 0 N–H and O–H groups in total. The molecule has 12 atom stereocenters. The molecule has 15 heteroatoms. The topological polar surface area (TPSA) is 185 Å². The van der Waals surface area contributed by atoms with Crippen molar-refractivity contribution in [3.05, 3.63) is 0 Å². The van der Waals surface area contributed by atoms with E-state index in [1.54, 1.807) is 0 Å². The molecule has 0 aromatic heterocycles. The fourth-order valence-corrected chi connectivity index (χ4v) is 20.3. The van der Waals surface area contributed by atoms with Crippen LogP contribution in [0.1, 0.15) is 287 Å². The van der Waals surface area contributed by atoms with Gasteiger partial charge in [0.2, 0.25) is 0 Å². The van der Waals surface area contributed by atoms with Crippen LogP contribution in [-0.4, -0.2) is 93.3 Å². The number of esters is 6. The highest BCUT2D eigenvalue weighted by atomic mass is 16.7. The third-order valence-corrected chi connectivity index (χ3v) is 25.8. The SMILES string of the molecule is C.C.C.C.C.C.CCC(C)(C)C(=O)OC1CC2CC(C(=O)OCOC3C4CC5CC(C4)CC3C5)C1C2.CCC(C)(C)C(=O)OC1CC2CC(C(=O)OCOC3CCCCC3)C1C2.CCC(C)(C)C(=O)OC1CC2CC(C(=O)OCOCC34CC5CC(CC(C5)C3)C4)C1C2. The Morgan fingerprint density at radius 1 is 0.376 bits per heavy atom. The smallest absolute Gasteiger partial charge is 0.311 e. The standard InChI is InChI=1S/C26H40O5.C25H38O5.C21H34O5.6CH4/c1-4-25(2,3)24(28)31-22-10-16-8-20(22)21(9-16)23(27)30-15-29-14-26-11-17-5-18(12-26)7-19(6-17)13-26;1-4-25(2,3)24(27)30-21-12-16-10-19(21)20(11-16)23(26)29-13-28-22-17-6-14-5-15(8-17)9-18(22)7-14;1-4-21(2,3)20(23)26-18-12-14-10-16(18)17(11-14)19(22)25-13-24-15-8-6-5-7-9-15;;;;;;/h16-22H,4-15H2,1-3H3;14-22H,4-13H2,1-3H3;14-18H,4-13H2,1-3H3;6*1H4. The van der Waals surface area contributed by atoms with Gasteiger partial charge in [0.05, 0.1) is 52.8 Å². The molecule has 0 aliphatic heterocycles. The van der Waals surface area contributed by atoms with E-state index in [9.17, 15) is 28.8 Å². The van der Waals surface area contributed by atoms with Crippen LogP contribution in [0.3, 0.4) is 0 Å². The molecule has 12 unspecified atom stereocenters. The van der Waals surface area contributed by atoms with Crippen LogP contribution in [0.15, 0.2) is 0 Å². The van der Waals surface area contributed by atoms with Crippen molar-refractivity contribution in [2.45, 2.75) is 317 Å². The van der Waals surface area contributed by atoms with Gasteiger partial charge in [0.15, 0.2) is 20.4 Å². The molecule has 15 saturated carbocycles. The number of carbonyl (C=O) groups is 6. The Hall–Kier alpha value is -3.30. The zero-order valence-electron chi connectivity index (χ0n) is 54.9. The fourth-order valence-electron chi connectivity index (χ4n) is 20.3. The molecule has 0 radical (unpaired) electrons. The number of fused-ring (bicyclic) bond motifs is 6. The van der Waals surface area contributed by atoms with Crippen molar-refractivity contribution in [1.82, 2.24) is 0 Å². The average Bonchev–Trinajstić information content (AvgIpc) is 1.11. The molecule has 15 aliphatic carbocycles. The van der Waals surface area contributed by atoms with Crippen LogP contribution in [0.25, 0.3) is 0 Å². The quantitative estimate of drug-likeness (QED) is 0.0431. The highest BCUT2D eigenvalue weighted by Crippen LogP contribution is 2.61. The first-order chi connectivity index (χ1) is 41.5. The van der Waals surface area contributed by atoms with Crippen LogP contribution >= 0.6 is 0 Å². The second-order valence-corrected chi connectivity index (χ2v) is 33.1. The Balaban J connectivity index is 0.000000246. The van der Waals surface area contributed by atoms with E-state index in [-0.39, 0.29) is 167 Å². The lowest BCUT2D eigenvalue weighted by Crippen LogP contribution is -2.49. The minimum Gasteiger partial charge on any atom is -0.462 e. The van der Waals surface area contributed by atoms with Crippen molar-refractivity contribution in [2.24, 2.45) is 116 Å². The highest BCUT2D eigenvalue weighted by molar-refractivity contribution is 5.78. The number of hydrogen-bond acceptors (Lipinski definition) is 15. The van der Waals surface area contributed by atoms with Crippen molar-refractivity contribution in [1.29, 1.82) is 0 Å². The molecule has 0 aromatic rings. The second-order valence-electron chi connectivity index (χ2n) is 33.1. The van der Waals surface area contributed by atoms with E-state index in [0.717, 1.165) is 126 Å². The van der Waals surface area contributed by atoms with Gasteiger partial charge in [-0.2, -0.15) is 0 Å². The number of ether oxygens (including phenoxy) is 9. The summed E-state index contributed by atoms with van der Waals surface area (Å²) in [5.74, 6) is 6.29. The Kier molecular flexibility index (Phi) is 29.0. The predicted octanol–water partition coefficient (Wildman–Crippen LogP) is 17.9. The Bertz CT molecular complexity index is 2360. The summed E-state index contributed by atoms with van der Waals surface area (Å²) < 4.78 is 52.0. The van der Waals surface area contributed by atoms with Gasteiger partial charge in [-0.15, -0.1) is 0 Å². The first-order valence-electron chi connectivity index (χ1n) is 35.4. The summed E-state index contributed by atoms with van der Waals surface area (Å²) in [4.78, 5) is 75.6.